The highest BCUT2D eigenvalue weighted by molar-refractivity contribution is 8.03. The summed E-state index contributed by atoms with van der Waals surface area (Å²) < 4.78 is 79.0. The summed E-state index contributed by atoms with van der Waals surface area (Å²) in [6, 6.07) is 31.4. The van der Waals surface area contributed by atoms with Crippen molar-refractivity contribution in [2.45, 2.75) is 37.5 Å². The zero-order valence-corrected chi connectivity index (χ0v) is 30.8. The van der Waals surface area contributed by atoms with Crippen molar-refractivity contribution < 1.29 is 35.9 Å². The molecular formula is C43H37F6N3O2S. The summed E-state index contributed by atoms with van der Waals surface area (Å²) in [4.78, 5) is 29.1. The summed E-state index contributed by atoms with van der Waals surface area (Å²) in [5.74, 6) is -0.574. The second kappa shape index (κ2) is 15.7. The second-order valence-electron chi connectivity index (χ2n) is 13.3. The van der Waals surface area contributed by atoms with Crippen LogP contribution in [0.25, 0.3) is 22.3 Å². The van der Waals surface area contributed by atoms with Gasteiger partial charge in [-0.25, -0.2) is 0 Å². The molecule has 1 aliphatic rings. The van der Waals surface area contributed by atoms with E-state index >= 15 is 0 Å². The van der Waals surface area contributed by atoms with Crippen molar-refractivity contribution in [3.05, 3.63) is 155 Å². The third-order valence-electron chi connectivity index (χ3n) is 9.75. The first kappa shape index (κ1) is 39.2. The van der Waals surface area contributed by atoms with E-state index in [4.69, 9.17) is 0 Å². The number of anilines is 2. The lowest BCUT2D eigenvalue weighted by Crippen LogP contribution is -2.47. The highest BCUT2D eigenvalue weighted by Crippen LogP contribution is 2.51. The Morgan fingerprint density at radius 2 is 1.36 bits per heavy atom. The van der Waals surface area contributed by atoms with E-state index in [2.05, 4.69) is 17.2 Å². The van der Waals surface area contributed by atoms with Crippen LogP contribution in [0.5, 0.6) is 0 Å². The summed E-state index contributed by atoms with van der Waals surface area (Å²) in [5.41, 5.74) is 4.39. The van der Waals surface area contributed by atoms with E-state index in [1.807, 2.05) is 61.3 Å². The van der Waals surface area contributed by atoms with Gasteiger partial charge in [0, 0.05) is 24.0 Å². The molecule has 0 atom stereocenters. The van der Waals surface area contributed by atoms with Crippen LogP contribution in [0.3, 0.4) is 0 Å². The number of rotatable bonds is 12. The van der Waals surface area contributed by atoms with Crippen molar-refractivity contribution in [3.63, 3.8) is 0 Å². The molecule has 2 N–H and O–H groups in total. The van der Waals surface area contributed by atoms with Crippen molar-refractivity contribution >= 4 is 35.0 Å². The van der Waals surface area contributed by atoms with Gasteiger partial charge in [-0.05, 0) is 101 Å². The normalized spacial score (nSPS) is 13.1. The van der Waals surface area contributed by atoms with E-state index in [9.17, 15) is 35.9 Å². The van der Waals surface area contributed by atoms with E-state index in [1.165, 1.54) is 23.9 Å². The van der Waals surface area contributed by atoms with Crippen molar-refractivity contribution in [1.82, 2.24) is 5.32 Å². The fourth-order valence-corrected chi connectivity index (χ4v) is 7.94. The molecule has 12 heteroatoms. The van der Waals surface area contributed by atoms with Crippen LogP contribution in [0.15, 0.2) is 127 Å². The molecule has 0 bridgehead atoms. The maximum absolute atomic E-state index is 13.8. The van der Waals surface area contributed by atoms with Gasteiger partial charge in [0.2, 0.25) is 5.91 Å². The number of fused-ring (bicyclic) bond motifs is 3. The van der Waals surface area contributed by atoms with E-state index in [0.717, 1.165) is 34.5 Å². The lowest BCUT2D eigenvalue weighted by molar-refractivity contribution is -0.141. The van der Waals surface area contributed by atoms with Gasteiger partial charge >= 0.3 is 12.4 Å². The highest BCUT2D eigenvalue weighted by atomic mass is 32.2. The minimum Gasteiger partial charge on any atom is -0.346 e. The molecule has 2 amide bonds. The maximum atomic E-state index is 13.8. The summed E-state index contributed by atoms with van der Waals surface area (Å²) in [6.45, 7) is 4.70. The number of alkyl halides is 6. The van der Waals surface area contributed by atoms with Gasteiger partial charge in [0.25, 0.3) is 5.91 Å². The SMILES string of the molecule is C=C(SCCCC1(C(=O)NCC(F)(F)F)c2ccccc2-c2ccccc21)N(C)c1ccc(NC(=O)c2ccccc2-c2ccc(C(F)(F)F)cc2)cc1C. The fraction of sp³-hybridized carbons (Fsp3) is 0.209. The number of halogens is 6. The number of hydrogen-bond donors (Lipinski definition) is 2. The molecule has 5 nitrogen and oxygen atoms in total. The Bertz CT molecular complexity index is 2190. The Morgan fingerprint density at radius 1 is 0.782 bits per heavy atom. The molecule has 5 aromatic rings. The van der Waals surface area contributed by atoms with Crippen LogP contribution in [0.4, 0.5) is 37.7 Å². The van der Waals surface area contributed by atoms with Crippen molar-refractivity contribution in [2.75, 3.05) is 29.6 Å². The largest absolute Gasteiger partial charge is 0.416 e. The third kappa shape index (κ3) is 8.29. The molecule has 0 spiro atoms. The summed E-state index contributed by atoms with van der Waals surface area (Å²) in [7, 11) is 1.85. The molecule has 0 aliphatic heterocycles. The summed E-state index contributed by atoms with van der Waals surface area (Å²) >= 11 is 1.46. The number of carbonyl (C=O) groups is 2. The number of nitrogens with zero attached hydrogens (tertiary/aromatic N) is 1. The first-order valence-electron chi connectivity index (χ1n) is 17.4. The first-order chi connectivity index (χ1) is 26.1. The number of aryl methyl sites for hydroxylation is 1. The van der Waals surface area contributed by atoms with Crippen molar-refractivity contribution in [2.24, 2.45) is 0 Å². The fourth-order valence-electron chi connectivity index (χ4n) is 7.12. The topological polar surface area (TPSA) is 61.4 Å². The predicted octanol–water partition coefficient (Wildman–Crippen LogP) is 11.0. The van der Waals surface area contributed by atoms with Gasteiger partial charge < -0.3 is 15.5 Å². The molecule has 0 saturated heterocycles. The number of benzene rings is 5. The molecule has 0 aromatic heterocycles. The lowest BCUT2D eigenvalue weighted by Gasteiger charge is -2.31. The average Bonchev–Trinajstić information content (AvgIpc) is 3.45. The van der Waals surface area contributed by atoms with Crippen LogP contribution >= 0.6 is 11.8 Å². The Hall–Kier alpha value is -5.49. The monoisotopic (exact) mass is 773 g/mol. The minimum absolute atomic E-state index is 0.282. The maximum Gasteiger partial charge on any atom is 0.416 e. The van der Waals surface area contributed by atoms with Gasteiger partial charge in [-0.15, -0.1) is 11.8 Å². The Labute approximate surface area is 319 Å². The Morgan fingerprint density at radius 3 is 1.95 bits per heavy atom. The summed E-state index contributed by atoms with van der Waals surface area (Å²) in [6.07, 6.45) is -8.25. The standard InChI is InChI=1S/C43H37F6N3O2S/c1-27-25-31(51-39(53)35-14-5-4-11-32(35)29-17-19-30(20-18-29)43(47,48)49)21-22-38(27)52(3)28(2)55-24-10-23-41(40(54)50-26-42(44,45)46)36-15-8-6-12-33(36)34-13-7-9-16-37(34)41/h4-9,11-22,25H,2,10,23-24,26H2,1,3H3,(H,50,54)(H,51,53). The molecule has 0 saturated carbocycles. The van der Waals surface area contributed by atoms with Gasteiger partial charge in [-0.2, -0.15) is 26.3 Å². The zero-order chi connectivity index (χ0) is 39.5. The summed E-state index contributed by atoms with van der Waals surface area (Å²) in [5, 5.41) is 5.76. The smallest absolute Gasteiger partial charge is 0.346 e. The van der Waals surface area contributed by atoms with Crippen LogP contribution in [0, 0.1) is 6.92 Å². The molecule has 0 heterocycles. The number of carbonyl (C=O) groups excluding carboxylic acids is 2. The lowest BCUT2D eigenvalue weighted by atomic mass is 9.73. The van der Waals surface area contributed by atoms with E-state index in [1.54, 1.807) is 48.5 Å². The molecule has 55 heavy (non-hydrogen) atoms. The van der Waals surface area contributed by atoms with E-state index in [0.29, 0.717) is 50.7 Å². The van der Waals surface area contributed by atoms with Crippen LogP contribution in [-0.4, -0.2) is 37.3 Å². The molecule has 0 radical (unpaired) electrons. The van der Waals surface area contributed by atoms with E-state index < -0.39 is 41.7 Å². The number of amides is 2. The second-order valence-corrected chi connectivity index (χ2v) is 14.4. The molecule has 1 aliphatic carbocycles. The molecule has 284 valence electrons. The molecule has 0 fully saturated rings. The Balaban J connectivity index is 1.11. The van der Waals surface area contributed by atoms with Crippen LogP contribution < -0.4 is 15.5 Å². The van der Waals surface area contributed by atoms with Gasteiger partial charge in [0.05, 0.1) is 10.6 Å². The predicted molar refractivity (Wildman–Crippen MR) is 207 cm³/mol. The first-order valence-corrected chi connectivity index (χ1v) is 18.4. The Kier molecular flexibility index (Phi) is 11.2. The molecule has 5 aromatic carbocycles. The number of hydrogen-bond acceptors (Lipinski definition) is 4. The molecule has 6 rings (SSSR count). The van der Waals surface area contributed by atoms with E-state index in [-0.39, 0.29) is 6.42 Å². The third-order valence-corrected chi connectivity index (χ3v) is 10.9. The average molecular weight is 774 g/mol. The number of thioether (sulfide) groups is 1. The van der Waals surface area contributed by atoms with Gasteiger partial charge in [0.1, 0.15) is 12.0 Å². The van der Waals surface area contributed by atoms with Crippen LogP contribution in [0.2, 0.25) is 0 Å². The van der Waals surface area contributed by atoms with Gasteiger partial charge in [0.15, 0.2) is 0 Å². The van der Waals surface area contributed by atoms with Crippen molar-refractivity contribution in [3.8, 4) is 22.3 Å². The zero-order valence-electron chi connectivity index (χ0n) is 29.9. The minimum atomic E-state index is -4.56. The highest BCUT2D eigenvalue weighted by Gasteiger charge is 2.49. The van der Waals surface area contributed by atoms with Gasteiger partial charge in [-0.1, -0.05) is 85.4 Å². The molecular weight excluding hydrogens is 737 g/mol. The quantitative estimate of drug-likeness (QED) is 0.0979. The van der Waals surface area contributed by atoms with Crippen LogP contribution in [-0.2, 0) is 16.4 Å². The number of nitrogens with one attached hydrogen (secondary N) is 2. The van der Waals surface area contributed by atoms with Crippen LogP contribution in [0.1, 0.15) is 45.5 Å². The van der Waals surface area contributed by atoms with Gasteiger partial charge in [-0.3, -0.25) is 9.59 Å². The molecule has 0 unspecified atom stereocenters. The van der Waals surface area contributed by atoms with Crippen molar-refractivity contribution in [1.29, 1.82) is 0 Å².